The summed E-state index contributed by atoms with van der Waals surface area (Å²) in [6.07, 6.45) is -3.55. The quantitative estimate of drug-likeness (QED) is 0.676. The lowest BCUT2D eigenvalue weighted by Gasteiger charge is -2.30. The Morgan fingerprint density at radius 3 is 2.04 bits per heavy atom. The highest BCUT2D eigenvalue weighted by Gasteiger charge is 2.41. The lowest BCUT2D eigenvalue weighted by atomic mass is 9.93. The molecule has 2 unspecified atom stereocenters. The van der Waals surface area contributed by atoms with Crippen molar-refractivity contribution in [3.05, 3.63) is 41.5 Å². The number of rotatable bonds is 6. The zero-order valence-corrected chi connectivity index (χ0v) is 12.8. The lowest BCUT2D eigenvalue weighted by Crippen LogP contribution is -2.37. The maximum atomic E-state index is 13.0. The molecule has 0 bridgehead atoms. The molecule has 7 nitrogen and oxygen atoms in total. The van der Waals surface area contributed by atoms with Crippen molar-refractivity contribution in [2.45, 2.75) is 12.2 Å². The highest BCUT2D eigenvalue weighted by Crippen LogP contribution is 2.45. The molecule has 1 aliphatic heterocycles. The number of Topliss-reactive ketones (excluding diaryl/α,β-unsaturated/α-hetero) is 1. The van der Waals surface area contributed by atoms with Crippen LogP contribution in [0.5, 0.6) is 28.7 Å². The molecule has 0 amide bonds. The van der Waals surface area contributed by atoms with Gasteiger partial charge in [-0.15, -0.1) is 0 Å². The van der Waals surface area contributed by atoms with E-state index in [0.29, 0.717) is 0 Å². The summed E-state index contributed by atoms with van der Waals surface area (Å²) >= 11 is 0. The number of hydrogen-bond donors (Lipinski definition) is 0. The van der Waals surface area contributed by atoms with Gasteiger partial charge in [0.15, 0.2) is 11.9 Å². The highest BCUT2D eigenvalue weighted by molar-refractivity contribution is 6.03. The Morgan fingerprint density at radius 2 is 1.52 bits per heavy atom. The summed E-state index contributed by atoms with van der Waals surface area (Å²) in [4.78, 5) is 29.5. The number of carbonyl (C=O) groups excluding carboxylic acids is 1. The number of benzene rings is 2. The van der Waals surface area contributed by atoms with E-state index < -0.39 is 35.2 Å². The lowest BCUT2D eigenvalue weighted by molar-refractivity contribution is -0.189. The minimum Gasteiger partial charge on any atom is -0.481 e. The predicted molar refractivity (Wildman–Crippen MR) is 73.5 cm³/mol. The zero-order chi connectivity index (χ0) is 19.6. The Hall–Kier alpha value is -3.28. The molecule has 2 aromatic rings. The van der Waals surface area contributed by atoms with Gasteiger partial charge >= 0.3 is 0 Å². The standard InChI is InChI=1S/C15H7F5O7/c16-23-7-1-2-8-9(5-7)22-13(15(27-20)12(8)21)6-3-10(24-17)14(26-19)11(4-6)25-18/h1-5,13,15H. The van der Waals surface area contributed by atoms with Gasteiger partial charge in [-0.2, -0.15) is 4.94 Å². The van der Waals surface area contributed by atoms with E-state index >= 15 is 0 Å². The number of carbonyl (C=O) groups is 1. The molecule has 0 saturated carbocycles. The van der Waals surface area contributed by atoms with Gasteiger partial charge in [-0.3, -0.25) is 24.6 Å². The molecule has 144 valence electrons. The zero-order valence-electron chi connectivity index (χ0n) is 12.8. The first-order chi connectivity index (χ1) is 13.1. The van der Waals surface area contributed by atoms with Crippen LogP contribution in [0.4, 0.5) is 22.6 Å². The van der Waals surface area contributed by atoms with Crippen molar-refractivity contribution in [3.63, 3.8) is 0 Å². The maximum Gasteiger partial charge on any atom is 0.264 e. The fraction of sp³-hybridized carbons (Fsp3) is 0.133. The van der Waals surface area contributed by atoms with Gasteiger partial charge in [0.2, 0.25) is 23.4 Å². The first-order valence-electron chi connectivity index (χ1n) is 7.02. The fourth-order valence-electron chi connectivity index (χ4n) is 2.62. The van der Waals surface area contributed by atoms with E-state index in [1.807, 2.05) is 0 Å². The minimum atomic E-state index is -1.91. The summed E-state index contributed by atoms with van der Waals surface area (Å²) in [5.41, 5.74) is -0.480. The van der Waals surface area contributed by atoms with Crippen molar-refractivity contribution in [1.29, 1.82) is 0 Å². The largest absolute Gasteiger partial charge is 0.481 e. The highest BCUT2D eigenvalue weighted by atomic mass is 19.3. The molecule has 0 spiro atoms. The second kappa shape index (κ2) is 7.53. The SMILES string of the molecule is O=C1c2ccc(OF)cc2OC(c2cc(OF)c(OF)c(OF)c2)C1OF. The predicted octanol–water partition coefficient (Wildman–Crippen LogP) is 4.33. The van der Waals surface area contributed by atoms with Crippen molar-refractivity contribution >= 4 is 5.78 Å². The van der Waals surface area contributed by atoms with Crippen LogP contribution in [0.25, 0.3) is 0 Å². The van der Waals surface area contributed by atoms with Crippen LogP contribution in [-0.2, 0) is 4.94 Å². The number of hydrogen-bond acceptors (Lipinski definition) is 7. The van der Waals surface area contributed by atoms with Crippen LogP contribution >= 0.6 is 0 Å². The molecular formula is C15H7F5O7. The molecule has 0 saturated heterocycles. The number of ketones is 1. The Morgan fingerprint density at radius 1 is 0.852 bits per heavy atom. The van der Waals surface area contributed by atoms with Crippen LogP contribution in [0.3, 0.4) is 0 Å². The molecule has 1 heterocycles. The topological polar surface area (TPSA) is 72.5 Å². The smallest absolute Gasteiger partial charge is 0.264 e. The molecule has 12 heteroatoms. The molecule has 0 N–H and O–H groups in total. The second-order valence-corrected chi connectivity index (χ2v) is 5.23. The van der Waals surface area contributed by atoms with Crippen LogP contribution in [0.1, 0.15) is 22.0 Å². The van der Waals surface area contributed by atoms with E-state index in [1.54, 1.807) is 0 Å². The fourth-order valence-corrected chi connectivity index (χ4v) is 2.62. The van der Waals surface area contributed by atoms with E-state index in [4.69, 9.17) is 4.74 Å². The van der Waals surface area contributed by atoms with E-state index in [0.717, 1.165) is 30.3 Å². The Balaban J connectivity index is 2.11. The van der Waals surface area contributed by atoms with Gasteiger partial charge in [0.1, 0.15) is 5.75 Å². The van der Waals surface area contributed by atoms with Gasteiger partial charge < -0.3 is 4.74 Å². The Bertz CT molecular complexity index is 837. The van der Waals surface area contributed by atoms with Crippen molar-refractivity contribution in [1.82, 2.24) is 0 Å². The first-order valence-corrected chi connectivity index (χ1v) is 7.02. The summed E-state index contributed by atoms with van der Waals surface area (Å²) in [5, 5.41) is 0. The van der Waals surface area contributed by atoms with Crippen LogP contribution in [0.2, 0.25) is 0 Å². The van der Waals surface area contributed by atoms with Crippen molar-refractivity contribution < 1.29 is 56.9 Å². The molecular weight excluding hydrogens is 387 g/mol. The Labute approximate surface area is 146 Å². The van der Waals surface area contributed by atoms with Gasteiger partial charge in [0.05, 0.1) is 5.56 Å². The third-order valence-electron chi connectivity index (χ3n) is 3.81. The molecule has 27 heavy (non-hydrogen) atoms. The molecule has 0 aliphatic carbocycles. The number of halogens is 5. The average molecular weight is 394 g/mol. The van der Waals surface area contributed by atoms with E-state index in [1.165, 1.54) is 0 Å². The van der Waals surface area contributed by atoms with Crippen LogP contribution in [0.15, 0.2) is 30.3 Å². The summed E-state index contributed by atoms with van der Waals surface area (Å²) in [6, 6.07) is 4.60. The summed E-state index contributed by atoms with van der Waals surface area (Å²) in [7, 11) is 0. The van der Waals surface area contributed by atoms with Crippen LogP contribution < -0.4 is 24.5 Å². The third kappa shape index (κ3) is 3.14. The van der Waals surface area contributed by atoms with Gasteiger partial charge in [0, 0.05) is 29.7 Å². The maximum absolute atomic E-state index is 13.0. The summed E-state index contributed by atoms with van der Waals surface area (Å²) in [6.45, 7) is 0. The van der Waals surface area contributed by atoms with Crippen LogP contribution in [0, 0.1) is 0 Å². The number of ether oxygens (including phenoxy) is 1. The molecule has 2 atom stereocenters. The van der Waals surface area contributed by atoms with Crippen molar-refractivity contribution in [2.24, 2.45) is 0 Å². The van der Waals surface area contributed by atoms with Gasteiger partial charge in [-0.05, 0) is 28.8 Å². The Kier molecular flexibility index (Phi) is 5.16. The monoisotopic (exact) mass is 394 g/mol. The summed E-state index contributed by atoms with van der Waals surface area (Å²) in [5.74, 6) is -4.58. The minimum absolute atomic E-state index is 0.164. The molecule has 2 aromatic carbocycles. The van der Waals surface area contributed by atoms with Gasteiger partial charge in [0.25, 0.3) is 5.75 Å². The average Bonchev–Trinajstić information content (AvgIpc) is 2.71. The number of fused-ring (bicyclic) bond motifs is 1. The molecule has 0 aromatic heterocycles. The molecule has 1 aliphatic rings. The third-order valence-corrected chi connectivity index (χ3v) is 3.81. The summed E-state index contributed by atoms with van der Waals surface area (Å²) < 4.78 is 68.5. The van der Waals surface area contributed by atoms with E-state index in [2.05, 4.69) is 24.7 Å². The van der Waals surface area contributed by atoms with E-state index in [-0.39, 0.29) is 22.6 Å². The van der Waals surface area contributed by atoms with Crippen molar-refractivity contribution in [2.75, 3.05) is 0 Å². The van der Waals surface area contributed by atoms with E-state index in [9.17, 15) is 27.4 Å². The van der Waals surface area contributed by atoms with Gasteiger partial charge in [-0.1, -0.05) is 0 Å². The normalized spacial score (nSPS) is 18.3. The van der Waals surface area contributed by atoms with Crippen molar-refractivity contribution in [3.8, 4) is 28.7 Å². The molecule has 0 fully saturated rings. The molecule has 0 radical (unpaired) electrons. The second-order valence-electron chi connectivity index (χ2n) is 5.23. The molecule has 3 rings (SSSR count). The van der Waals surface area contributed by atoms with Crippen LogP contribution in [-0.4, -0.2) is 11.9 Å². The first kappa shape index (κ1) is 18.5. The van der Waals surface area contributed by atoms with Gasteiger partial charge in [-0.25, -0.2) is 0 Å².